The Balaban J connectivity index is 1.71. The van der Waals surface area contributed by atoms with E-state index in [0.717, 1.165) is 32.0 Å². The molecule has 0 saturated carbocycles. The van der Waals surface area contributed by atoms with Crippen LogP contribution in [-0.4, -0.2) is 17.8 Å². The van der Waals surface area contributed by atoms with Gasteiger partial charge in [0.15, 0.2) is 0 Å². The smallest absolute Gasteiger partial charge is 0.273 e. The Morgan fingerprint density at radius 1 is 0.774 bits per heavy atom. The Kier molecular flexibility index (Phi) is 4.53. The summed E-state index contributed by atoms with van der Waals surface area (Å²) in [5, 5.41) is 6.53. The minimum atomic E-state index is -0.794. The van der Waals surface area contributed by atoms with Crippen molar-refractivity contribution in [2.75, 3.05) is 4.90 Å². The van der Waals surface area contributed by atoms with Crippen molar-refractivity contribution in [2.45, 2.75) is 0 Å². The highest BCUT2D eigenvalue weighted by molar-refractivity contribution is 6.39. The van der Waals surface area contributed by atoms with Crippen LogP contribution in [-0.2, 0) is 9.59 Å². The van der Waals surface area contributed by atoms with Crippen molar-refractivity contribution in [1.29, 1.82) is 0 Å². The minimum absolute atomic E-state index is 0.115. The Bertz CT molecular complexity index is 1370. The zero-order valence-corrected chi connectivity index (χ0v) is 16.9. The van der Waals surface area contributed by atoms with E-state index in [1.54, 1.807) is 30.3 Å². The molecule has 1 aliphatic rings. The predicted molar refractivity (Wildman–Crippen MR) is 122 cm³/mol. The first-order valence-corrected chi connectivity index (χ1v) is 9.98. The Hall–Kier alpha value is -3.96. The summed E-state index contributed by atoms with van der Waals surface area (Å²) in [6, 6.07) is 23.1. The lowest BCUT2D eigenvalue weighted by atomic mass is 9.94. The van der Waals surface area contributed by atoms with Crippen LogP contribution in [0.2, 0.25) is 5.02 Å². The molecule has 0 spiro atoms. The lowest BCUT2D eigenvalue weighted by Gasteiger charge is -2.26. The van der Waals surface area contributed by atoms with E-state index < -0.39 is 17.8 Å². The standard InChI is InChI=1S/C25H15ClN2O3/c26-17-9-11-18(12-10-17)28-24(30)22(23(29)27-25(28)31)14-21-19-7-3-1-5-15(19)13-16-6-2-4-8-20(16)21/h1-14H,(H,27,29,31)/b22-14-. The predicted octanol–water partition coefficient (Wildman–Crippen LogP) is 5.31. The monoisotopic (exact) mass is 426 g/mol. The number of urea groups is 1. The zero-order chi connectivity index (χ0) is 21.5. The molecular weight excluding hydrogens is 412 g/mol. The first-order chi connectivity index (χ1) is 15.0. The Labute approximate surface area is 182 Å². The summed E-state index contributed by atoms with van der Waals surface area (Å²) in [4.78, 5) is 39.3. The van der Waals surface area contributed by atoms with Gasteiger partial charge in [0.1, 0.15) is 5.57 Å². The van der Waals surface area contributed by atoms with Crippen LogP contribution in [0.15, 0.2) is 84.4 Å². The van der Waals surface area contributed by atoms with Crippen LogP contribution in [0.3, 0.4) is 0 Å². The number of barbiturate groups is 1. The van der Waals surface area contributed by atoms with Crippen molar-refractivity contribution in [3.63, 3.8) is 0 Å². The number of carbonyl (C=O) groups excluding carboxylic acids is 3. The van der Waals surface area contributed by atoms with E-state index >= 15 is 0 Å². The summed E-state index contributed by atoms with van der Waals surface area (Å²) < 4.78 is 0. The van der Waals surface area contributed by atoms with Gasteiger partial charge in [0.25, 0.3) is 11.8 Å². The third kappa shape index (κ3) is 3.25. The van der Waals surface area contributed by atoms with Gasteiger partial charge >= 0.3 is 6.03 Å². The largest absolute Gasteiger partial charge is 0.335 e. The second kappa shape index (κ2) is 7.38. The molecule has 0 aromatic heterocycles. The number of anilines is 1. The maximum absolute atomic E-state index is 13.3. The van der Waals surface area contributed by atoms with Gasteiger partial charge < -0.3 is 0 Å². The molecule has 4 amide bonds. The first-order valence-electron chi connectivity index (χ1n) is 9.60. The van der Waals surface area contributed by atoms with Crippen LogP contribution in [0, 0.1) is 0 Å². The van der Waals surface area contributed by atoms with Crippen molar-refractivity contribution in [1.82, 2.24) is 5.32 Å². The fourth-order valence-corrected chi connectivity index (χ4v) is 3.96. The lowest BCUT2D eigenvalue weighted by Crippen LogP contribution is -2.54. The first kappa shape index (κ1) is 19.0. The number of halogens is 1. The van der Waals surface area contributed by atoms with Gasteiger partial charge in [-0.1, -0.05) is 60.1 Å². The van der Waals surface area contributed by atoms with Crippen LogP contribution in [0.25, 0.3) is 27.6 Å². The van der Waals surface area contributed by atoms with Gasteiger partial charge in [-0.05, 0) is 63.5 Å². The number of nitrogens with zero attached hydrogens (tertiary/aromatic N) is 1. The molecule has 0 aliphatic carbocycles. The number of imide groups is 2. The van der Waals surface area contributed by atoms with E-state index in [2.05, 4.69) is 11.4 Å². The summed E-state index contributed by atoms with van der Waals surface area (Å²) in [6.45, 7) is 0. The van der Waals surface area contributed by atoms with Gasteiger partial charge in [0.05, 0.1) is 5.69 Å². The molecular formula is C25H15ClN2O3. The minimum Gasteiger partial charge on any atom is -0.273 e. The average Bonchev–Trinajstić information content (AvgIpc) is 2.77. The van der Waals surface area contributed by atoms with E-state index in [0.29, 0.717) is 10.7 Å². The van der Waals surface area contributed by atoms with Gasteiger partial charge in [0.2, 0.25) is 0 Å². The van der Waals surface area contributed by atoms with E-state index in [1.165, 1.54) is 0 Å². The van der Waals surface area contributed by atoms with E-state index in [1.807, 2.05) is 48.5 Å². The number of fused-ring (bicyclic) bond motifs is 2. The van der Waals surface area contributed by atoms with Gasteiger partial charge in [-0.25, -0.2) is 9.69 Å². The molecule has 0 atom stereocenters. The number of rotatable bonds is 2. The average molecular weight is 427 g/mol. The summed E-state index contributed by atoms with van der Waals surface area (Å²) in [5.74, 6) is -1.41. The highest BCUT2D eigenvalue weighted by Crippen LogP contribution is 2.31. The van der Waals surface area contributed by atoms with Gasteiger partial charge in [-0.15, -0.1) is 0 Å². The normalized spacial score (nSPS) is 15.7. The van der Waals surface area contributed by atoms with E-state index in [-0.39, 0.29) is 5.57 Å². The number of carbonyl (C=O) groups is 3. The zero-order valence-electron chi connectivity index (χ0n) is 16.1. The van der Waals surface area contributed by atoms with E-state index in [9.17, 15) is 14.4 Å². The third-order valence-electron chi connectivity index (χ3n) is 5.29. The van der Waals surface area contributed by atoms with Crippen molar-refractivity contribution in [3.05, 3.63) is 95.0 Å². The fraction of sp³-hybridized carbons (Fsp3) is 0. The summed E-state index contributed by atoms with van der Waals surface area (Å²) in [6.07, 6.45) is 1.57. The molecule has 1 saturated heterocycles. The van der Waals surface area contributed by atoms with Gasteiger partial charge in [-0.3, -0.25) is 14.9 Å². The molecule has 4 aromatic rings. The van der Waals surface area contributed by atoms with Crippen LogP contribution in [0.4, 0.5) is 10.5 Å². The van der Waals surface area contributed by atoms with Gasteiger partial charge in [-0.2, -0.15) is 0 Å². The molecule has 0 bridgehead atoms. The highest BCUT2D eigenvalue weighted by atomic mass is 35.5. The fourth-order valence-electron chi connectivity index (χ4n) is 3.83. The number of hydrogen-bond donors (Lipinski definition) is 1. The third-order valence-corrected chi connectivity index (χ3v) is 5.54. The molecule has 4 aromatic carbocycles. The molecule has 5 rings (SSSR count). The van der Waals surface area contributed by atoms with Gasteiger partial charge in [0, 0.05) is 5.02 Å². The number of amides is 4. The number of hydrogen-bond acceptors (Lipinski definition) is 3. The molecule has 150 valence electrons. The summed E-state index contributed by atoms with van der Waals surface area (Å²) >= 11 is 5.92. The summed E-state index contributed by atoms with van der Waals surface area (Å²) in [7, 11) is 0. The molecule has 1 heterocycles. The molecule has 6 heteroatoms. The number of benzene rings is 4. The Morgan fingerprint density at radius 3 is 1.97 bits per heavy atom. The molecule has 0 radical (unpaired) electrons. The second-order valence-corrected chi connectivity index (χ2v) is 7.60. The molecule has 5 nitrogen and oxygen atoms in total. The molecule has 1 N–H and O–H groups in total. The van der Waals surface area contributed by atoms with Crippen molar-refractivity contribution in [3.8, 4) is 0 Å². The topological polar surface area (TPSA) is 66.5 Å². The SMILES string of the molecule is O=C1NC(=O)N(c2ccc(Cl)cc2)C(=O)/C1=C\c1c2ccccc2cc2ccccc12. The van der Waals surface area contributed by atoms with Crippen molar-refractivity contribution >= 4 is 62.8 Å². The summed E-state index contributed by atoms with van der Waals surface area (Å²) in [5.41, 5.74) is 0.960. The maximum Gasteiger partial charge on any atom is 0.335 e. The maximum atomic E-state index is 13.3. The molecule has 1 fully saturated rings. The second-order valence-electron chi connectivity index (χ2n) is 7.17. The van der Waals surface area contributed by atoms with E-state index in [4.69, 9.17) is 11.6 Å². The Morgan fingerprint density at radius 2 is 1.35 bits per heavy atom. The highest BCUT2D eigenvalue weighted by Gasteiger charge is 2.37. The molecule has 1 aliphatic heterocycles. The van der Waals surface area contributed by atoms with Crippen molar-refractivity contribution in [2.24, 2.45) is 0 Å². The molecule has 31 heavy (non-hydrogen) atoms. The van der Waals surface area contributed by atoms with Crippen molar-refractivity contribution < 1.29 is 14.4 Å². The molecule has 0 unspecified atom stereocenters. The quantitative estimate of drug-likeness (QED) is 0.268. The lowest BCUT2D eigenvalue weighted by molar-refractivity contribution is -0.122. The van der Waals surface area contributed by atoms with Crippen LogP contribution in [0.5, 0.6) is 0 Å². The van der Waals surface area contributed by atoms with Crippen LogP contribution >= 0.6 is 11.6 Å². The van der Waals surface area contributed by atoms with Crippen LogP contribution in [0.1, 0.15) is 5.56 Å². The number of nitrogens with one attached hydrogen (secondary N) is 1. The van der Waals surface area contributed by atoms with Crippen LogP contribution < -0.4 is 10.2 Å².